The van der Waals surface area contributed by atoms with Crippen LogP contribution in [0.4, 0.5) is 10.1 Å². The van der Waals surface area contributed by atoms with Crippen molar-refractivity contribution < 1.29 is 9.50 Å². The zero-order chi connectivity index (χ0) is 22.0. The van der Waals surface area contributed by atoms with Gasteiger partial charge in [0.2, 0.25) is 0 Å². The Kier molecular flexibility index (Phi) is 6.18. The summed E-state index contributed by atoms with van der Waals surface area (Å²) in [6.45, 7) is 1.79. The van der Waals surface area contributed by atoms with Gasteiger partial charge in [-0.25, -0.2) is 4.39 Å². The van der Waals surface area contributed by atoms with Gasteiger partial charge in [0.1, 0.15) is 5.82 Å². The fourth-order valence-corrected chi connectivity index (χ4v) is 3.85. The van der Waals surface area contributed by atoms with E-state index < -0.39 is 6.04 Å². The third-order valence-corrected chi connectivity index (χ3v) is 5.71. The van der Waals surface area contributed by atoms with Crippen LogP contribution in [-0.4, -0.2) is 16.7 Å². The van der Waals surface area contributed by atoms with Gasteiger partial charge in [0, 0.05) is 17.1 Å². The van der Waals surface area contributed by atoms with Crippen LogP contribution in [0.2, 0.25) is 5.02 Å². The van der Waals surface area contributed by atoms with Gasteiger partial charge in [0.15, 0.2) is 0 Å². The average molecular weight is 436 g/mol. The summed E-state index contributed by atoms with van der Waals surface area (Å²) in [6.07, 6.45) is 1.60. The van der Waals surface area contributed by atoms with Gasteiger partial charge >= 0.3 is 0 Å². The molecular weight excluding hydrogens is 413 g/mol. The van der Waals surface area contributed by atoms with Crippen LogP contribution in [0.25, 0.3) is 22.0 Å². The summed E-state index contributed by atoms with van der Waals surface area (Å²) < 4.78 is 14.2. The second kappa shape index (κ2) is 9.02. The molecule has 0 spiro atoms. The molecule has 0 aliphatic heterocycles. The van der Waals surface area contributed by atoms with E-state index in [2.05, 4.69) is 10.3 Å². The molecule has 4 N–H and O–H groups in total. The number of aliphatic hydroxyl groups excluding tert-OH is 1. The zero-order valence-electron chi connectivity index (χ0n) is 17.0. The van der Waals surface area contributed by atoms with Gasteiger partial charge in [-0.05, 0) is 41.8 Å². The molecular formula is C25H23ClFN3O. The minimum Gasteiger partial charge on any atom is -0.394 e. The quantitative estimate of drug-likeness (QED) is 0.354. The summed E-state index contributed by atoms with van der Waals surface area (Å²) >= 11 is 6.49. The molecule has 158 valence electrons. The van der Waals surface area contributed by atoms with Crippen LogP contribution in [0.15, 0.2) is 72.9 Å². The van der Waals surface area contributed by atoms with Crippen LogP contribution >= 0.6 is 11.6 Å². The molecule has 1 heterocycles. The molecule has 0 saturated carbocycles. The number of aromatic nitrogens is 1. The molecule has 0 aliphatic rings. The van der Waals surface area contributed by atoms with Crippen molar-refractivity contribution in [3.05, 3.63) is 94.9 Å². The number of pyridine rings is 1. The van der Waals surface area contributed by atoms with Crippen LogP contribution in [0.1, 0.15) is 30.1 Å². The highest BCUT2D eigenvalue weighted by Gasteiger charge is 2.15. The molecule has 0 bridgehead atoms. The molecule has 1 aromatic heterocycles. The lowest BCUT2D eigenvalue weighted by molar-refractivity contribution is 0.268. The molecule has 31 heavy (non-hydrogen) atoms. The maximum atomic E-state index is 14.2. The number of rotatable bonds is 6. The molecule has 2 atom stereocenters. The zero-order valence-corrected chi connectivity index (χ0v) is 17.8. The SMILES string of the molecule is CC(Nc1c(Cl)cnc2ccc(-c3ccc(C(N)CO)cc3)cc12)c1ccccc1F. The van der Waals surface area contributed by atoms with E-state index >= 15 is 0 Å². The maximum absolute atomic E-state index is 14.2. The summed E-state index contributed by atoms with van der Waals surface area (Å²) in [4.78, 5) is 4.43. The number of hydrogen-bond acceptors (Lipinski definition) is 4. The lowest BCUT2D eigenvalue weighted by atomic mass is 9.99. The van der Waals surface area contributed by atoms with E-state index in [1.54, 1.807) is 18.3 Å². The number of fused-ring (bicyclic) bond motifs is 1. The number of halogens is 2. The first kappa shape index (κ1) is 21.2. The van der Waals surface area contributed by atoms with Crippen LogP contribution in [0, 0.1) is 5.82 Å². The normalized spacial score (nSPS) is 13.2. The summed E-state index contributed by atoms with van der Waals surface area (Å²) in [5, 5.41) is 13.9. The van der Waals surface area contributed by atoms with Crippen molar-refractivity contribution in [3.63, 3.8) is 0 Å². The number of nitrogens with zero attached hydrogens (tertiary/aromatic N) is 1. The summed E-state index contributed by atoms with van der Waals surface area (Å²) in [5.74, 6) is -0.265. The minimum absolute atomic E-state index is 0.102. The van der Waals surface area contributed by atoms with Crippen molar-refractivity contribution >= 4 is 28.2 Å². The maximum Gasteiger partial charge on any atom is 0.128 e. The highest BCUT2D eigenvalue weighted by Crippen LogP contribution is 2.35. The number of aliphatic hydroxyl groups is 1. The lowest BCUT2D eigenvalue weighted by Gasteiger charge is -2.19. The second-order valence-electron chi connectivity index (χ2n) is 7.51. The van der Waals surface area contributed by atoms with Crippen molar-refractivity contribution in [2.75, 3.05) is 11.9 Å². The molecule has 2 unspecified atom stereocenters. The average Bonchev–Trinajstić information content (AvgIpc) is 2.80. The molecule has 3 aromatic carbocycles. The Bertz CT molecular complexity index is 1210. The molecule has 0 amide bonds. The third kappa shape index (κ3) is 4.39. The van der Waals surface area contributed by atoms with Crippen molar-refractivity contribution in [3.8, 4) is 11.1 Å². The molecule has 0 radical (unpaired) electrons. The smallest absolute Gasteiger partial charge is 0.128 e. The van der Waals surface area contributed by atoms with Crippen LogP contribution < -0.4 is 11.1 Å². The second-order valence-corrected chi connectivity index (χ2v) is 7.92. The first-order valence-corrected chi connectivity index (χ1v) is 10.4. The fraction of sp³-hybridized carbons (Fsp3) is 0.160. The number of nitrogens with two attached hydrogens (primary N) is 1. The molecule has 0 saturated heterocycles. The lowest BCUT2D eigenvalue weighted by Crippen LogP contribution is -2.14. The highest BCUT2D eigenvalue weighted by atomic mass is 35.5. The van der Waals surface area contributed by atoms with Crippen LogP contribution in [0.3, 0.4) is 0 Å². The number of nitrogens with one attached hydrogen (secondary N) is 1. The van der Waals surface area contributed by atoms with E-state index in [-0.39, 0.29) is 18.5 Å². The minimum atomic E-state index is -0.399. The molecule has 6 heteroatoms. The number of benzene rings is 3. The molecule has 4 nitrogen and oxygen atoms in total. The van der Waals surface area contributed by atoms with Crippen molar-refractivity contribution in [1.82, 2.24) is 4.98 Å². The molecule has 0 aliphatic carbocycles. The Hall–Kier alpha value is -2.99. The Morgan fingerprint density at radius 1 is 1.06 bits per heavy atom. The van der Waals surface area contributed by atoms with E-state index in [4.69, 9.17) is 17.3 Å². The van der Waals surface area contributed by atoms with Gasteiger partial charge in [0.25, 0.3) is 0 Å². The molecule has 4 rings (SSSR count). The van der Waals surface area contributed by atoms with E-state index in [0.717, 1.165) is 27.6 Å². The molecule has 0 fully saturated rings. The van der Waals surface area contributed by atoms with Gasteiger partial charge < -0.3 is 16.2 Å². The van der Waals surface area contributed by atoms with Crippen molar-refractivity contribution in [1.29, 1.82) is 0 Å². The van der Waals surface area contributed by atoms with Crippen molar-refractivity contribution in [2.24, 2.45) is 5.73 Å². The Labute approximate surface area is 185 Å². The van der Waals surface area contributed by atoms with Crippen LogP contribution in [-0.2, 0) is 0 Å². The first-order valence-electron chi connectivity index (χ1n) is 10.0. The van der Waals surface area contributed by atoms with E-state index in [1.165, 1.54) is 6.07 Å². The number of anilines is 1. The third-order valence-electron chi connectivity index (χ3n) is 5.42. The summed E-state index contributed by atoms with van der Waals surface area (Å²) in [6, 6.07) is 19.7. The Morgan fingerprint density at radius 3 is 2.48 bits per heavy atom. The number of hydrogen-bond donors (Lipinski definition) is 3. The van der Waals surface area contributed by atoms with E-state index in [0.29, 0.717) is 16.3 Å². The standard InChI is InChI=1S/C25H23ClFN3O/c1-15(19-4-2-3-5-22(19)27)30-25-20-12-18(10-11-24(20)29-13-21(25)26)16-6-8-17(9-7-16)23(28)14-31/h2-13,15,23,31H,14,28H2,1H3,(H,29,30). The molecule has 4 aromatic rings. The van der Waals surface area contributed by atoms with Crippen LogP contribution in [0.5, 0.6) is 0 Å². The van der Waals surface area contributed by atoms with Gasteiger partial charge in [0.05, 0.1) is 34.9 Å². The largest absolute Gasteiger partial charge is 0.394 e. The predicted octanol–water partition coefficient (Wildman–Crippen LogP) is 5.86. The topological polar surface area (TPSA) is 71.2 Å². The fourth-order valence-electron chi connectivity index (χ4n) is 3.64. The van der Waals surface area contributed by atoms with Gasteiger partial charge in [-0.2, -0.15) is 0 Å². The van der Waals surface area contributed by atoms with E-state index in [9.17, 15) is 9.50 Å². The Balaban J connectivity index is 1.73. The highest BCUT2D eigenvalue weighted by molar-refractivity contribution is 6.34. The van der Waals surface area contributed by atoms with Crippen molar-refractivity contribution in [2.45, 2.75) is 19.0 Å². The predicted molar refractivity (Wildman–Crippen MR) is 125 cm³/mol. The van der Waals surface area contributed by atoms with Gasteiger partial charge in [-0.15, -0.1) is 0 Å². The summed E-state index contributed by atoms with van der Waals surface area (Å²) in [7, 11) is 0. The first-order chi connectivity index (χ1) is 15.0. The monoisotopic (exact) mass is 435 g/mol. The van der Waals surface area contributed by atoms with Gasteiger partial charge in [-0.3, -0.25) is 4.98 Å². The Morgan fingerprint density at radius 2 is 1.77 bits per heavy atom. The summed E-state index contributed by atoms with van der Waals surface area (Å²) in [5.41, 5.74) is 10.8. The van der Waals surface area contributed by atoms with E-state index in [1.807, 2.05) is 55.5 Å². The van der Waals surface area contributed by atoms with Gasteiger partial charge in [-0.1, -0.05) is 60.1 Å².